The van der Waals surface area contributed by atoms with Gasteiger partial charge in [-0.3, -0.25) is 4.68 Å². The molecule has 0 aliphatic carbocycles. The van der Waals surface area contributed by atoms with E-state index in [1.807, 2.05) is 0 Å². The molecule has 0 spiro atoms. The zero-order chi connectivity index (χ0) is 13.1. The van der Waals surface area contributed by atoms with Crippen molar-refractivity contribution in [2.45, 2.75) is 39.4 Å². The summed E-state index contributed by atoms with van der Waals surface area (Å²) in [7, 11) is 0. The third-order valence-electron chi connectivity index (χ3n) is 2.42. The molecule has 0 radical (unpaired) electrons. The van der Waals surface area contributed by atoms with E-state index in [1.165, 1.54) is 10.9 Å². The van der Waals surface area contributed by atoms with Gasteiger partial charge in [-0.15, -0.1) is 0 Å². The van der Waals surface area contributed by atoms with Crippen molar-refractivity contribution < 1.29 is 13.2 Å². The van der Waals surface area contributed by atoms with Gasteiger partial charge in [-0.1, -0.05) is 0 Å². The van der Waals surface area contributed by atoms with E-state index in [4.69, 9.17) is 5.26 Å². The molecule has 17 heavy (non-hydrogen) atoms. The molecule has 0 fully saturated rings. The summed E-state index contributed by atoms with van der Waals surface area (Å²) in [6.45, 7) is 4.00. The van der Waals surface area contributed by atoms with E-state index in [-0.39, 0.29) is 0 Å². The third kappa shape index (κ3) is 4.10. The molecule has 0 saturated heterocycles. The predicted molar refractivity (Wildman–Crippen MR) is 55.9 cm³/mol. The highest BCUT2D eigenvalue weighted by atomic mass is 19.4. The van der Waals surface area contributed by atoms with Crippen LogP contribution < -0.4 is 0 Å². The molecule has 0 aromatic carbocycles. The largest absolute Gasteiger partial charge is 0.435 e. The first-order chi connectivity index (χ1) is 7.74. The normalized spacial score (nSPS) is 12.5. The molecule has 0 N–H and O–H groups in total. The molecule has 0 aliphatic rings. The van der Waals surface area contributed by atoms with Crippen molar-refractivity contribution in [3.05, 3.63) is 18.0 Å². The van der Waals surface area contributed by atoms with Crippen LogP contribution in [0.2, 0.25) is 0 Å². The molecular weight excluding hydrogens is 231 g/mol. The average Bonchev–Trinajstić information content (AvgIpc) is 2.66. The maximum Gasteiger partial charge on any atom is 0.435 e. The summed E-state index contributed by atoms with van der Waals surface area (Å²) in [5.41, 5.74) is -1.32. The summed E-state index contributed by atoms with van der Waals surface area (Å²) in [5, 5.41) is 12.2. The highest BCUT2D eigenvalue weighted by Gasteiger charge is 2.33. The number of nitriles is 1. The van der Waals surface area contributed by atoms with E-state index in [2.05, 4.69) is 11.2 Å². The van der Waals surface area contributed by atoms with Gasteiger partial charge < -0.3 is 0 Å². The highest BCUT2D eigenvalue weighted by molar-refractivity contribution is 5.03. The molecule has 0 saturated carbocycles. The molecule has 1 aromatic rings. The number of aryl methyl sites for hydroxylation is 1. The van der Waals surface area contributed by atoms with Gasteiger partial charge in [-0.25, -0.2) is 0 Å². The Kier molecular flexibility index (Phi) is 3.81. The van der Waals surface area contributed by atoms with Crippen LogP contribution in [0.25, 0.3) is 0 Å². The number of aromatic nitrogens is 2. The van der Waals surface area contributed by atoms with Crippen molar-refractivity contribution in [1.82, 2.24) is 9.78 Å². The van der Waals surface area contributed by atoms with Crippen molar-refractivity contribution in [3.8, 4) is 6.07 Å². The second kappa shape index (κ2) is 4.78. The molecule has 0 atom stereocenters. The molecule has 1 rings (SSSR count). The predicted octanol–water partition coefficient (Wildman–Crippen LogP) is 3.23. The molecule has 0 aliphatic heterocycles. The van der Waals surface area contributed by atoms with Crippen LogP contribution in [0.3, 0.4) is 0 Å². The smallest absolute Gasteiger partial charge is 0.272 e. The first-order valence-electron chi connectivity index (χ1n) is 5.26. The Morgan fingerprint density at radius 3 is 2.53 bits per heavy atom. The molecule has 1 heterocycles. The maximum absolute atomic E-state index is 12.2. The van der Waals surface area contributed by atoms with E-state index >= 15 is 0 Å². The van der Waals surface area contributed by atoms with Crippen molar-refractivity contribution in [2.24, 2.45) is 5.41 Å². The lowest BCUT2D eigenvalue weighted by molar-refractivity contribution is -0.141. The molecule has 3 nitrogen and oxygen atoms in total. The van der Waals surface area contributed by atoms with Crippen LogP contribution in [-0.2, 0) is 12.7 Å². The van der Waals surface area contributed by atoms with E-state index in [1.54, 1.807) is 13.8 Å². The van der Waals surface area contributed by atoms with Crippen molar-refractivity contribution in [2.75, 3.05) is 0 Å². The minimum Gasteiger partial charge on any atom is -0.272 e. The van der Waals surface area contributed by atoms with Gasteiger partial charge in [-0.05, 0) is 32.8 Å². The third-order valence-corrected chi connectivity index (χ3v) is 2.42. The highest BCUT2D eigenvalue weighted by Crippen LogP contribution is 2.27. The number of hydrogen-bond acceptors (Lipinski definition) is 2. The molecule has 6 heteroatoms. The van der Waals surface area contributed by atoms with Crippen LogP contribution in [0.1, 0.15) is 32.4 Å². The molecule has 94 valence electrons. The number of halogens is 3. The lowest BCUT2D eigenvalue weighted by atomic mass is 9.90. The van der Waals surface area contributed by atoms with Gasteiger partial charge in [-0.2, -0.15) is 23.5 Å². The Balaban J connectivity index is 2.49. The van der Waals surface area contributed by atoms with Gasteiger partial charge in [0.2, 0.25) is 0 Å². The minimum atomic E-state index is -4.39. The number of nitrogens with zero attached hydrogens (tertiary/aromatic N) is 3. The quantitative estimate of drug-likeness (QED) is 0.817. The van der Waals surface area contributed by atoms with E-state index in [0.29, 0.717) is 19.4 Å². The SMILES string of the molecule is CC(C)(C#N)CCCn1ccc(C(F)(F)F)n1. The van der Waals surface area contributed by atoms with Gasteiger partial charge in [0.1, 0.15) is 0 Å². The molecular formula is C11H14F3N3. The summed E-state index contributed by atoms with van der Waals surface area (Å²) in [4.78, 5) is 0. The fraction of sp³-hybridized carbons (Fsp3) is 0.636. The van der Waals surface area contributed by atoms with Gasteiger partial charge in [0, 0.05) is 12.7 Å². The molecule has 1 aromatic heterocycles. The number of alkyl halides is 3. The summed E-state index contributed by atoms with van der Waals surface area (Å²) in [5.74, 6) is 0. The lowest BCUT2D eigenvalue weighted by Crippen LogP contribution is -2.11. The van der Waals surface area contributed by atoms with E-state index < -0.39 is 17.3 Å². The second-order valence-corrected chi connectivity index (χ2v) is 4.56. The number of rotatable bonds is 4. The fourth-order valence-corrected chi connectivity index (χ4v) is 1.38. The lowest BCUT2D eigenvalue weighted by Gasteiger charge is -2.14. The van der Waals surface area contributed by atoms with Gasteiger partial charge in [0.05, 0.1) is 11.5 Å². The van der Waals surface area contributed by atoms with Gasteiger partial charge in [0.15, 0.2) is 5.69 Å². The zero-order valence-corrected chi connectivity index (χ0v) is 9.75. The monoisotopic (exact) mass is 245 g/mol. The Morgan fingerprint density at radius 2 is 2.06 bits per heavy atom. The van der Waals surface area contributed by atoms with Crippen LogP contribution in [0.5, 0.6) is 0 Å². The van der Waals surface area contributed by atoms with Gasteiger partial charge >= 0.3 is 6.18 Å². The Hall–Kier alpha value is -1.51. The maximum atomic E-state index is 12.2. The topological polar surface area (TPSA) is 41.6 Å². The van der Waals surface area contributed by atoms with Crippen LogP contribution in [0, 0.1) is 16.7 Å². The van der Waals surface area contributed by atoms with Crippen LogP contribution in [0.4, 0.5) is 13.2 Å². The standard InChI is InChI=1S/C11H14F3N3/c1-10(2,8-15)5-3-6-17-7-4-9(16-17)11(12,13)14/h4,7H,3,5-6H2,1-2H3. The van der Waals surface area contributed by atoms with E-state index in [9.17, 15) is 13.2 Å². The average molecular weight is 245 g/mol. The summed E-state index contributed by atoms with van der Waals surface area (Å²) >= 11 is 0. The second-order valence-electron chi connectivity index (χ2n) is 4.56. The van der Waals surface area contributed by atoms with Crippen LogP contribution >= 0.6 is 0 Å². The molecule has 0 bridgehead atoms. The first kappa shape index (κ1) is 13.6. The summed E-state index contributed by atoms with van der Waals surface area (Å²) in [6, 6.07) is 3.10. The molecule has 0 unspecified atom stereocenters. The first-order valence-corrected chi connectivity index (χ1v) is 5.26. The van der Waals surface area contributed by atoms with Crippen LogP contribution in [0.15, 0.2) is 12.3 Å². The minimum absolute atomic E-state index is 0.390. The summed E-state index contributed by atoms with van der Waals surface area (Å²) < 4.78 is 38.0. The van der Waals surface area contributed by atoms with Crippen molar-refractivity contribution in [3.63, 3.8) is 0 Å². The number of hydrogen-bond donors (Lipinski definition) is 0. The fourth-order valence-electron chi connectivity index (χ4n) is 1.38. The zero-order valence-electron chi connectivity index (χ0n) is 9.75. The Morgan fingerprint density at radius 1 is 1.41 bits per heavy atom. The Labute approximate surface area is 97.8 Å². The van der Waals surface area contributed by atoms with Crippen LogP contribution in [-0.4, -0.2) is 9.78 Å². The Bertz CT molecular complexity index is 412. The van der Waals surface area contributed by atoms with Gasteiger partial charge in [0.25, 0.3) is 0 Å². The van der Waals surface area contributed by atoms with E-state index in [0.717, 1.165) is 6.07 Å². The van der Waals surface area contributed by atoms with Crippen molar-refractivity contribution in [1.29, 1.82) is 5.26 Å². The molecule has 0 amide bonds. The summed E-state index contributed by atoms with van der Waals surface area (Å²) in [6.07, 6.45) is -1.83. The van der Waals surface area contributed by atoms with Crippen molar-refractivity contribution >= 4 is 0 Å².